The maximum atomic E-state index is 5.57. The zero-order valence-electron chi connectivity index (χ0n) is 10.8. The Balaban J connectivity index is 2.00. The summed E-state index contributed by atoms with van der Waals surface area (Å²) in [7, 11) is 1.83. The van der Waals surface area contributed by atoms with Gasteiger partial charge in [0.25, 0.3) is 0 Å². The van der Waals surface area contributed by atoms with Gasteiger partial charge in [0.15, 0.2) is 5.11 Å². The Morgan fingerprint density at radius 2 is 2.22 bits per heavy atom. The van der Waals surface area contributed by atoms with E-state index in [1.165, 1.54) is 19.3 Å². The van der Waals surface area contributed by atoms with Crippen molar-refractivity contribution in [1.29, 1.82) is 0 Å². The minimum absolute atomic E-state index is 0.270. The van der Waals surface area contributed by atoms with E-state index in [2.05, 4.69) is 15.5 Å². The number of hydrogen-bond acceptors (Lipinski definition) is 3. The fraction of sp³-hybridized carbons (Fsp3) is 0.615. The first kappa shape index (κ1) is 13.4. The van der Waals surface area contributed by atoms with E-state index in [0.717, 1.165) is 25.4 Å². The van der Waals surface area contributed by atoms with Gasteiger partial charge in [-0.2, -0.15) is 0 Å². The molecule has 1 aliphatic heterocycles. The fourth-order valence-electron chi connectivity index (χ4n) is 2.40. The Morgan fingerprint density at radius 3 is 2.83 bits per heavy atom. The molecule has 0 radical (unpaired) electrons. The number of thiocarbonyl (C=S) groups is 1. The summed E-state index contributed by atoms with van der Waals surface area (Å²) in [4.78, 5) is 2.48. The summed E-state index contributed by atoms with van der Waals surface area (Å²) >= 11 is 5.13. The van der Waals surface area contributed by atoms with E-state index in [0.29, 0.717) is 5.11 Å². The lowest BCUT2D eigenvalue weighted by Gasteiger charge is -2.33. The summed E-state index contributed by atoms with van der Waals surface area (Å²) in [5.74, 6) is 1.02. The van der Waals surface area contributed by atoms with E-state index in [1.807, 2.05) is 19.2 Å². The lowest BCUT2D eigenvalue weighted by molar-refractivity contribution is 0.146. The van der Waals surface area contributed by atoms with Gasteiger partial charge in [0.1, 0.15) is 5.76 Å². The van der Waals surface area contributed by atoms with E-state index >= 15 is 0 Å². The summed E-state index contributed by atoms with van der Waals surface area (Å²) in [5.41, 5.74) is 0. The molecule has 1 fully saturated rings. The molecule has 1 aliphatic rings. The van der Waals surface area contributed by atoms with Crippen LogP contribution in [-0.4, -0.2) is 36.7 Å². The first-order chi connectivity index (χ1) is 8.81. The summed E-state index contributed by atoms with van der Waals surface area (Å²) in [6, 6.07) is 4.26. The van der Waals surface area contributed by atoms with Crippen LogP contribution in [0.3, 0.4) is 0 Å². The molecule has 0 saturated carbocycles. The van der Waals surface area contributed by atoms with Gasteiger partial charge in [0.2, 0.25) is 0 Å². The SMILES string of the molecule is CNC(=S)NC[C@@H](c1ccco1)N1CCCCC1. The molecule has 2 heterocycles. The summed E-state index contributed by atoms with van der Waals surface area (Å²) in [6.07, 6.45) is 5.62. The van der Waals surface area contributed by atoms with E-state index in [1.54, 1.807) is 6.26 Å². The molecular formula is C13H21N3OS. The first-order valence-electron chi connectivity index (χ1n) is 6.54. The van der Waals surface area contributed by atoms with Crippen LogP contribution < -0.4 is 10.6 Å². The summed E-state index contributed by atoms with van der Waals surface area (Å²) in [6.45, 7) is 3.06. The molecule has 2 N–H and O–H groups in total. The third-order valence-electron chi connectivity index (χ3n) is 3.39. The van der Waals surface area contributed by atoms with Gasteiger partial charge in [-0.3, -0.25) is 4.90 Å². The van der Waals surface area contributed by atoms with Gasteiger partial charge in [-0.25, -0.2) is 0 Å². The second kappa shape index (κ2) is 6.75. The molecular weight excluding hydrogens is 246 g/mol. The van der Waals surface area contributed by atoms with Gasteiger partial charge < -0.3 is 15.1 Å². The normalized spacial score (nSPS) is 18.3. The van der Waals surface area contributed by atoms with Crippen molar-refractivity contribution in [1.82, 2.24) is 15.5 Å². The van der Waals surface area contributed by atoms with Crippen molar-refractivity contribution in [3.63, 3.8) is 0 Å². The second-order valence-electron chi connectivity index (χ2n) is 4.59. The Labute approximate surface area is 114 Å². The van der Waals surface area contributed by atoms with Gasteiger partial charge in [0.05, 0.1) is 12.3 Å². The van der Waals surface area contributed by atoms with E-state index in [9.17, 15) is 0 Å². The third-order valence-corrected chi connectivity index (χ3v) is 3.73. The van der Waals surface area contributed by atoms with Crippen LogP contribution in [0.25, 0.3) is 0 Å². The molecule has 1 aromatic heterocycles. The highest BCUT2D eigenvalue weighted by Crippen LogP contribution is 2.24. The van der Waals surface area contributed by atoms with E-state index in [-0.39, 0.29) is 6.04 Å². The average molecular weight is 267 g/mol. The number of nitrogens with zero attached hydrogens (tertiary/aromatic N) is 1. The Kier molecular flexibility index (Phi) is 5.01. The maximum absolute atomic E-state index is 5.57. The van der Waals surface area contributed by atoms with Crippen LogP contribution in [0.1, 0.15) is 31.1 Å². The molecule has 2 rings (SSSR count). The number of likely N-dealkylation sites (tertiary alicyclic amines) is 1. The molecule has 5 heteroatoms. The molecule has 1 aromatic rings. The van der Waals surface area contributed by atoms with Gasteiger partial charge in [-0.1, -0.05) is 6.42 Å². The van der Waals surface area contributed by atoms with Crippen molar-refractivity contribution in [3.8, 4) is 0 Å². The zero-order chi connectivity index (χ0) is 12.8. The molecule has 0 bridgehead atoms. The van der Waals surface area contributed by atoms with Gasteiger partial charge in [0, 0.05) is 13.6 Å². The Bertz CT molecular complexity index is 360. The average Bonchev–Trinajstić information content (AvgIpc) is 2.94. The Morgan fingerprint density at radius 1 is 1.44 bits per heavy atom. The van der Waals surface area contributed by atoms with Crippen LogP contribution in [0, 0.1) is 0 Å². The predicted molar refractivity (Wildman–Crippen MR) is 76.5 cm³/mol. The number of nitrogens with one attached hydrogen (secondary N) is 2. The highest BCUT2D eigenvalue weighted by Gasteiger charge is 2.24. The molecule has 0 spiro atoms. The van der Waals surface area contributed by atoms with Crippen molar-refractivity contribution in [2.24, 2.45) is 0 Å². The largest absolute Gasteiger partial charge is 0.468 e. The number of furan rings is 1. The van der Waals surface area contributed by atoms with Crippen molar-refractivity contribution in [2.75, 3.05) is 26.7 Å². The van der Waals surface area contributed by atoms with Crippen molar-refractivity contribution >= 4 is 17.3 Å². The van der Waals surface area contributed by atoms with Crippen molar-refractivity contribution < 1.29 is 4.42 Å². The summed E-state index contributed by atoms with van der Waals surface area (Å²) < 4.78 is 5.57. The number of hydrogen-bond donors (Lipinski definition) is 2. The molecule has 18 heavy (non-hydrogen) atoms. The molecule has 0 aliphatic carbocycles. The predicted octanol–water partition coefficient (Wildman–Crippen LogP) is 1.90. The summed E-state index contributed by atoms with van der Waals surface area (Å²) in [5, 5.41) is 6.86. The smallest absolute Gasteiger partial charge is 0.166 e. The van der Waals surface area contributed by atoms with Crippen LogP contribution in [0.4, 0.5) is 0 Å². The van der Waals surface area contributed by atoms with Crippen LogP contribution in [0.2, 0.25) is 0 Å². The van der Waals surface area contributed by atoms with E-state index in [4.69, 9.17) is 16.6 Å². The lowest BCUT2D eigenvalue weighted by Crippen LogP contribution is -2.42. The molecule has 4 nitrogen and oxygen atoms in total. The monoisotopic (exact) mass is 267 g/mol. The highest BCUT2D eigenvalue weighted by atomic mass is 32.1. The van der Waals surface area contributed by atoms with Crippen LogP contribution in [0.15, 0.2) is 22.8 Å². The molecule has 0 amide bonds. The standard InChI is InChI=1S/C13H21N3OS/c1-14-13(18)15-10-11(12-6-5-9-17-12)16-7-3-2-4-8-16/h5-6,9,11H,2-4,7-8,10H2,1H3,(H2,14,15,18)/t11-/m0/s1. The van der Waals surface area contributed by atoms with Crippen molar-refractivity contribution in [2.45, 2.75) is 25.3 Å². The van der Waals surface area contributed by atoms with Crippen molar-refractivity contribution in [3.05, 3.63) is 24.2 Å². The molecule has 1 saturated heterocycles. The van der Waals surface area contributed by atoms with E-state index < -0.39 is 0 Å². The molecule has 100 valence electrons. The minimum Gasteiger partial charge on any atom is -0.468 e. The van der Waals surface area contributed by atoms with Gasteiger partial charge in [-0.15, -0.1) is 0 Å². The third kappa shape index (κ3) is 3.46. The van der Waals surface area contributed by atoms with Crippen LogP contribution in [-0.2, 0) is 0 Å². The van der Waals surface area contributed by atoms with Crippen LogP contribution in [0.5, 0.6) is 0 Å². The number of piperidine rings is 1. The maximum Gasteiger partial charge on any atom is 0.166 e. The first-order valence-corrected chi connectivity index (χ1v) is 6.95. The quantitative estimate of drug-likeness (QED) is 0.816. The molecule has 0 unspecified atom stereocenters. The number of rotatable bonds is 4. The Hall–Kier alpha value is -1.07. The second-order valence-corrected chi connectivity index (χ2v) is 5.00. The highest BCUT2D eigenvalue weighted by molar-refractivity contribution is 7.80. The lowest BCUT2D eigenvalue weighted by atomic mass is 10.1. The fourth-order valence-corrected chi connectivity index (χ4v) is 2.48. The van der Waals surface area contributed by atoms with Crippen LogP contribution >= 0.6 is 12.2 Å². The molecule has 1 atom stereocenters. The van der Waals surface area contributed by atoms with Gasteiger partial charge in [-0.05, 0) is 50.3 Å². The van der Waals surface area contributed by atoms with Gasteiger partial charge >= 0.3 is 0 Å². The topological polar surface area (TPSA) is 40.4 Å². The molecule has 0 aromatic carbocycles. The minimum atomic E-state index is 0.270. The zero-order valence-corrected chi connectivity index (χ0v) is 11.6.